The summed E-state index contributed by atoms with van der Waals surface area (Å²) in [7, 11) is 0. The van der Waals surface area contributed by atoms with Gasteiger partial charge in [-0.25, -0.2) is 4.79 Å². The summed E-state index contributed by atoms with van der Waals surface area (Å²) in [5, 5.41) is 19.6. The number of hydrogen-bond acceptors (Lipinski definition) is 4. The second-order valence-corrected chi connectivity index (χ2v) is 10.8. The number of halogens is 2. The number of hydrogen-bond donors (Lipinski definition) is 2. The molecule has 1 aromatic heterocycles. The molecule has 1 amide bonds. The predicted molar refractivity (Wildman–Crippen MR) is 133 cm³/mol. The maximum Gasteiger partial charge on any atom is 0.345 e. The molecule has 0 radical (unpaired) electrons. The quantitative estimate of drug-likeness (QED) is 0.317. The van der Waals surface area contributed by atoms with Gasteiger partial charge in [0.25, 0.3) is 5.91 Å². The molecule has 3 atom stereocenters. The fraction of sp³-hybridized carbons (Fsp3) is 0.556. The fourth-order valence-corrected chi connectivity index (χ4v) is 5.63. The maximum atomic E-state index is 14.2. The highest BCUT2D eigenvalue weighted by molar-refractivity contribution is 7.13. The zero-order valence-corrected chi connectivity index (χ0v) is 21.0. The summed E-state index contributed by atoms with van der Waals surface area (Å²) in [6.07, 6.45) is 4.56. The molecule has 1 aliphatic heterocycles. The Kier molecular flexibility index (Phi) is 9.80. The molecule has 192 valence electrons. The molecule has 0 bridgehead atoms. The molecule has 35 heavy (non-hydrogen) atoms. The number of amides is 1. The molecule has 5 nitrogen and oxygen atoms in total. The van der Waals surface area contributed by atoms with Gasteiger partial charge in [-0.15, -0.1) is 11.3 Å². The van der Waals surface area contributed by atoms with Gasteiger partial charge >= 0.3 is 11.9 Å². The van der Waals surface area contributed by atoms with E-state index >= 15 is 0 Å². The first kappa shape index (κ1) is 27.3. The largest absolute Gasteiger partial charge is 0.477 e. The summed E-state index contributed by atoms with van der Waals surface area (Å²) in [4.78, 5) is 25.7. The molecule has 0 spiro atoms. The number of alkyl halides is 2. The van der Waals surface area contributed by atoms with Crippen molar-refractivity contribution >= 4 is 23.2 Å². The monoisotopic (exact) mass is 507 g/mol. The number of unbranched alkanes of at least 4 members (excludes halogenated alkanes) is 1. The van der Waals surface area contributed by atoms with Crippen LogP contribution in [0.1, 0.15) is 72.0 Å². The molecule has 2 unspecified atom stereocenters. The van der Waals surface area contributed by atoms with Crippen LogP contribution in [0.15, 0.2) is 42.5 Å². The lowest BCUT2D eigenvalue weighted by Gasteiger charge is -2.26. The third-order valence-corrected chi connectivity index (χ3v) is 8.00. The summed E-state index contributed by atoms with van der Waals surface area (Å²) in [5.41, 5.74) is 1.30. The van der Waals surface area contributed by atoms with Gasteiger partial charge in [0.15, 0.2) is 0 Å². The van der Waals surface area contributed by atoms with E-state index in [1.165, 1.54) is 16.5 Å². The molecule has 0 saturated carbocycles. The summed E-state index contributed by atoms with van der Waals surface area (Å²) in [6, 6.07) is 12.9. The fourth-order valence-electron chi connectivity index (χ4n) is 4.74. The minimum Gasteiger partial charge on any atom is -0.477 e. The highest BCUT2D eigenvalue weighted by atomic mass is 32.1. The van der Waals surface area contributed by atoms with Crippen LogP contribution in [0.5, 0.6) is 0 Å². The molecule has 0 aliphatic carbocycles. The van der Waals surface area contributed by atoms with E-state index in [9.17, 15) is 23.5 Å². The molecule has 1 saturated heterocycles. The van der Waals surface area contributed by atoms with Crippen LogP contribution in [-0.2, 0) is 17.6 Å². The average molecular weight is 508 g/mol. The molecule has 1 aliphatic rings. The standard InChI is InChI=1S/C27H35F2NO4S/c1-19(8-5-6-11-20-9-3-2-4-10-20)23(31)15-13-21-18-27(28,29)26(34)30(21)17-7-12-22-14-16-24(35-22)25(32)33/h2-4,9-10,14,16,19,21,23,31H,5-8,11-13,15,17-18H2,1H3,(H,32,33)/t19?,21-,23?/m0/s1. The van der Waals surface area contributed by atoms with E-state index in [1.54, 1.807) is 6.07 Å². The van der Waals surface area contributed by atoms with E-state index in [0.717, 1.165) is 41.9 Å². The topological polar surface area (TPSA) is 77.8 Å². The highest BCUT2D eigenvalue weighted by Crippen LogP contribution is 2.36. The number of aryl methyl sites for hydroxylation is 2. The van der Waals surface area contributed by atoms with Crippen molar-refractivity contribution in [3.05, 3.63) is 57.8 Å². The molecule has 2 N–H and O–H groups in total. The van der Waals surface area contributed by atoms with Gasteiger partial charge < -0.3 is 15.1 Å². The average Bonchev–Trinajstić information content (AvgIpc) is 3.39. The van der Waals surface area contributed by atoms with E-state index in [4.69, 9.17) is 5.11 Å². The number of carbonyl (C=O) groups excluding carboxylic acids is 1. The number of nitrogens with zero attached hydrogens (tertiary/aromatic N) is 1. The minimum atomic E-state index is -3.36. The molecule has 1 aromatic carbocycles. The Hall–Kier alpha value is -2.32. The molecule has 1 fully saturated rings. The van der Waals surface area contributed by atoms with E-state index in [1.807, 2.05) is 25.1 Å². The van der Waals surface area contributed by atoms with E-state index in [0.29, 0.717) is 25.7 Å². The van der Waals surface area contributed by atoms with Crippen molar-refractivity contribution < 1.29 is 28.6 Å². The Morgan fingerprint density at radius 3 is 2.54 bits per heavy atom. The van der Waals surface area contributed by atoms with Gasteiger partial charge in [0.05, 0.1) is 6.10 Å². The van der Waals surface area contributed by atoms with Gasteiger partial charge in [-0.3, -0.25) is 4.79 Å². The van der Waals surface area contributed by atoms with Crippen LogP contribution in [0.25, 0.3) is 0 Å². The summed E-state index contributed by atoms with van der Waals surface area (Å²) >= 11 is 1.16. The molecule has 8 heteroatoms. The Morgan fingerprint density at radius 2 is 1.86 bits per heavy atom. The number of carboxylic acids is 1. The minimum absolute atomic E-state index is 0.0686. The first-order valence-electron chi connectivity index (χ1n) is 12.4. The van der Waals surface area contributed by atoms with Gasteiger partial charge in [0.2, 0.25) is 0 Å². The normalized spacial score (nSPS) is 19.1. The summed E-state index contributed by atoms with van der Waals surface area (Å²) in [5.74, 6) is -5.42. The van der Waals surface area contributed by atoms with Crippen LogP contribution in [0.2, 0.25) is 0 Å². The number of aliphatic hydroxyl groups excluding tert-OH is 1. The van der Waals surface area contributed by atoms with E-state index < -0.39 is 36.4 Å². The predicted octanol–water partition coefficient (Wildman–Crippen LogP) is 5.81. The van der Waals surface area contributed by atoms with Crippen LogP contribution in [0.3, 0.4) is 0 Å². The number of aromatic carboxylic acids is 1. The van der Waals surface area contributed by atoms with Crippen LogP contribution in [0, 0.1) is 5.92 Å². The van der Waals surface area contributed by atoms with E-state index in [-0.39, 0.29) is 17.3 Å². The van der Waals surface area contributed by atoms with Crippen molar-refractivity contribution in [2.24, 2.45) is 5.92 Å². The van der Waals surface area contributed by atoms with Gasteiger partial charge in [-0.1, -0.05) is 43.7 Å². The number of thiophene rings is 1. The van der Waals surface area contributed by atoms with Gasteiger partial charge in [0, 0.05) is 23.9 Å². The second-order valence-electron chi connectivity index (χ2n) is 9.59. The number of benzene rings is 1. The van der Waals surface area contributed by atoms with Crippen molar-refractivity contribution in [1.29, 1.82) is 0 Å². The zero-order chi connectivity index (χ0) is 25.4. The number of carboxylic acid groups (broad SMARTS) is 1. The third-order valence-electron chi connectivity index (χ3n) is 6.87. The van der Waals surface area contributed by atoms with E-state index in [2.05, 4.69) is 12.1 Å². The number of likely N-dealkylation sites (tertiary alicyclic amines) is 1. The Bertz CT molecular complexity index is 965. The summed E-state index contributed by atoms with van der Waals surface area (Å²) in [6.45, 7) is 2.19. The molecule has 2 heterocycles. The van der Waals surface area contributed by atoms with Crippen molar-refractivity contribution in [3.63, 3.8) is 0 Å². The number of aliphatic hydroxyl groups is 1. The van der Waals surface area contributed by atoms with Crippen LogP contribution in [0.4, 0.5) is 8.78 Å². The van der Waals surface area contributed by atoms with Gasteiger partial charge in [-0.2, -0.15) is 8.78 Å². The first-order valence-corrected chi connectivity index (χ1v) is 13.2. The lowest BCUT2D eigenvalue weighted by molar-refractivity contribution is -0.148. The van der Waals surface area contributed by atoms with Crippen LogP contribution < -0.4 is 0 Å². The lowest BCUT2D eigenvalue weighted by atomic mass is 9.92. The van der Waals surface area contributed by atoms with Gasteiger partial charge in [0.1, 0.15) is 4.88 Å². The second kappa shape index (κ2) is 12.6. The van der Waals surface area contributed by atoms with Gasteiger partial charge in [-0.05, 0) is 68.6 Å². The summed E-state index contributed by atoms with van der Waals surface area (Å²) < 4.78 is 28.4. The Labute approximate surface area is 209 Å². The smallest absolute Gasteiger partial charge is 0.345 e. The molecular weight excluding hydrogens is 472 g/mol. The van der Waals surface area contributed by atoms with Crippen LogP contribution >= 0.6 is 11.3 Å². The lowest BCUT2D eigenvalue weighted by Crippen LogP contribution is -2.37. The number of rotatable bonds is 14. The van der Waals surface area contributed by atoms with Crippen LogP contribution in [-0.4, -0.2) is 51.6 Å². The zero-order valence-electron chi connectivity index (χ0n) is 20.2. The van der Waals surface area contributed by atoms with Crippen molar-refractivity contribution in [2.45, 2.75) is 82.8 Å². The number of carbonyl (C=O) groups is 2. The molecular formula is C27H35F2NO4S. The molecule has 2 aromatic rings. The maximum absolute atomic E-state index is 14.2. The highest BCUT2D eigenvalue weighted by Gasteiger charge is 2.52. The third kappa shape index (κ3) is 7.84. The Morgan fingerprint density at radius 1 is 1.11 bits per heavy atom. The van der Waals surface area contributed by atoms with Crippen molar-refractivity contribution in [3.8, 4) is 0 Å². The Balaban J connectivity index is 1.42. The van der Waals surface area contributed by atoms with Crippen molar-refractivity contribution in [2.75, 3.05) is 6.54 Å². The van der Waals surface area contributed by atoms with Crippen molar-refractivity contribution in [1.82, 2.24) is 4.90 Å². The molecule has 3 rings (SSSR count). The SMILES string of the molecule is CC(CCCCc1ccccc1)C(O)CC[C@H]1CC(F)(F)C(=O)N1CCCc1ccc(C(=O)O)s1. The first-order chi connectivity index (χ1) is 16.7.